The molecule has 1 amide bonds. The van der Waals surface area contributed by atoms with E-state index in [-0.39, 0.29) is 17.6 Å². The molecule has 19 heavy (non-hydrogen) atoms. The van der Waals surface area contributed by atoms with Gasteiger partial charge in [0.15, 0.2) is 5.78 Å². The van der Waals surface area contributed by atoms with Gasteiger partial charge in [0.2, 0.25) is 5.91 Å². The Balaban J connectivity index is 2.12. The molecule has 1 saturated carbocycles. The summed E-state index contributed by atoms with van der Waals surface area (Å²) in [5, 5.41) is 2.86. The van der Waals surface area contributed by atoms with Crippen LogP contribution < -0.4 is 11.1 Å². The van der Waals surface area contributed by atoms with Crippen LogP contribution in [-0.2, 0) is 4.79 Å². The second kappa shape index (κ2) is 5.87. The Bertz CT molecular complexity index is 491. The van der Waals surface area contributed by atoms with Gasteiger partial charge in [0.1, 0.15) is 0 Å². The van der Waals surface area contributed by atoms with Gasteiger partial charge in [-0.25, -0.2) is 0 Å². The fourth-order valence-corrected chi connectivity index (χ4v) is 2.58. The number of Topliss-reactive ketones (excluding diaryl/α,β-unsaturated/α-hetero) is 1. The minimum atomic E-state index is -0.0914. The number of anilines is 2. The lowest BCUT2D eigenvalue weighted by Crippen LogP contribution is -2.25. The van der Waals surface area contributed by atoms with Gasteiger partial charge in [0.25, 0.3) is 0 Å². The van der Waals surface area contributed by atoms with Crippen LogP contribution in [0.2, 0.25) is 0 Å². The number of amides is 1. The summed E-state index contributed by atoms with van der Waals surface area (Å²) in [5.74, 6) is 0.00695. The maximum atomic E-state index is 12.1. The molecule has 2 rings (SSSR count). The smallest absolute Gasteiger partial charge is 0.227 e. The Morgan fingerprint density at radius 3 is 2.53 bits per heavy atom. The normalized spacial score (nSPS) is 16.1. The third-order valence-electron chi connectivity index (χ3n) is 3.72. The molecule has 4 nitrogen and oxygen atoms in total. The number of carbonyl (C=O) groups excluding carboxylic acids is 2. The van der Waals surface area contributed by atoms with Crippen LogP contribution in [-0.4, -0.2) is 11.7 Å². The first-order valence-electron chi connectivity index (χ1n) is 6.80. The van der Waals surface area contributed by atoms with Gasteiger partial charge in [-0.2, -0.15) is 0 Å². The molecule has 1 aromatic rings. The van der Waals surface area contributed by atoms with Gasteiger partial charge >= 0.3 is 0 Å². The maximum absolute atomic E-state index is 12.1. The molecule has 4 heteroatoms. The minimum absolute atomic E-state index is 0.0205. The summed E-state index contributed by atoms with van der Waals surface area (Å²) < 4.78 is 0. The lowest BCUT2D eigenvalue weighted by Gasteiger charge is -2.21. The van der Waals surface area contributed by atoms with E-state index in [0.717, 1.165) is 25.7 Å². The molecule has 3 N–H and O–H groups in total. The summed E-state index contributed by atoms with van der Waals surface area (Å²) in [6, 6.07) is 5.15. The Morgan fingerprint density at radius 2 is 1.89 bits per heavy atom. The van der Waals surface area contributed by atoms with Crippen molar-refractivity contribution in [2.45, 2.75) is 39.0 Å². The number of ketones is 1. The standard InChI is InChI=1S/C15H20N2O2/c1-10(18)12-8-5-9-13(14(12)16)17-15(19)11-6-3-2-4-7-11/h5,8-9,11H,2-4,6-7,16H2,1H3,(H,17,19). The van der Waals surface area contributed by atoms with Gasteiger partial charge in [0, 0.05) is 11.5 Å². The predicted octanol–water partition coefficient (Wildman–Crippen LogP) is 2.99. The third-order valence-corrected chi connectivity index (χ3v) is 3.72. The van der Waals surface area contributed by atoms with Crippen LogP contribution in [0.1, 0.15) is 49.4 Å². The molecule has 1 aliphatic rings. The predicted molar refractivity (Wildman–Crippen MR) is 76.1 cm³/mol. The molecule has 0 saturated heterocycles. The Kier molecular flexibility index (Phi) is 4.20. The van der Waals surface area contributed by atoms with E-state index >= 15 is 0 Å². The van der Waals surface area contributed by atoms with Crippen molar-refractivity contribution in [1.82, 2.24) is 0 Å². The van der Waals surface area contributed by atoms with Crippen LogP contribution in [0, 0.1) is 5.92 Å². The number of nitrogen functional groups attached to an aromatic ring is 1. The van der Waals surface area contributed by atoms with Gasteiger partial charge in [-0.3, -0.25) is 9.59 Å². The Morgan fingerprint density at radius 1 is 1.21 bits per heavy atom. The number of carbonyl (C=O) groups is 2. The topological polar surface area (TPSA) is 72.2 Å². The van der Waals surface area contributed by atoms with Crippen molar-refractivity contribution in [1.29, 1.82) is 0 Å². The molecular formula is C15H20N2O2. The third kappa shape index (κ3) is 3.13. The number of hydrogen-bond acceptors (Lipinski definition) is 3. The highest BCUT2D eigenvalue weighted by molar-refractivity contribution is 6.04. The van der Waals surface area contributed by atoms with Crippen molar-refractivity contribution in [3.05, 3.63) is 23.8 Å². The number of hydrogen-bond donors (Lipinski definition) is 2. The molecule has 0 atom stereocenters. The van der Waals surface area contributed by atoms with Crippen LogP contribution in [0.25, 0.3) is 0 Å². The van der Waals surface area contributed by atoms with Crippen molar-refractivity contribution in [3.63, 3.8) is 0 Å². The zero-order valence-electron chi connectivity index (χ0n) is 11.2. The monoisotopic (exact) mass is 260 g/mol. The first kappa shape index (κ1) is 13.6. The van der Waals surface area contributed by atoms with Gasteiger partial charge < -0.3 is 11.1 Å². The van der Waals surface area contributed by atoms with Crippen molar-refractivity contribution in [2.75, 3.05) is 11.1 Å². The summed E-state index contributed by atoms with van der Waals surface area (Å²) in [5.41, 5.74) is 7.29. The molecular weight excluding hydrogens is 240 g/mol. The van der Waals surface area contributed by atoms with E-state index in [9.17, 15) is 9.59 Å². The van der Waals surface area contributed by atoms with Crippen LogP contribution in [0.3, 0.4) is 0 Å². The molecule has 0 bridgehead atoms. The number of rotatable bonds is 3. The van der Waals surface area contributed by atoms with E-state index in [2.05, 4.69) is 5.32 Å². The summed E-state index contributed by atoms with van der Waals surface area (Å²) in [4.78, 5) is 23.6. The molecule has 0 unspecified atom stereocenters. The highest BCUT2D eigenvalue weighted by Crippen LogP contribution is 2.27. The average Bonchev–Trinajstić information content (AvgIpc) is 2.41. The molecule has 1 aliphatic carbocycles. The zero-order valence-corrected chi connectivity index (χ0v) is 11.2. The van der Waals surface area contributed by atoms with Crippen LogP contribution in [0.4, 0.5) is 11.4 Å². The molecule has 1 fully saturated rings. The van der Waals surface area contributed by atoms with Gasteiger partial charge in [-0.15, -0.1) is 0 Å². The molecule has 0 spiro atoms. The molecule has 0 radical (unpaired) electrons. The quantitative estimate of drug-likeness (QED) is 0.648. The van der Waals surface area contributed by atoms with Crippen LogP contribution >= 0.6 is 0 Å². The highest BCUT2D eigenvalue weighted by atomic mass is 16.2. The van der Waals surface area contributed by atoms with E-state index in [1.807, 2.05) is 0 Å². The molecule has 0 heterocycles. The summed E-state index contributed by atoms with van der Waals surface area (Å²) in [6.45, 7) is 1.47. The Hall–Kier alpha value is -1.84. The van der Waals surface area contributed by atoms with E-state index < -0.39 is 0 Å². The maximum Gasteiger partial charge on any atom is 0.227 e. The van der Waals surface area contributed by atoms with Crippen LogP contribution in [0.15, 0.2) is 18.2 Å². The number of para-hydroxylation sites is 1. The van der Waals surface area contributed by atoms with Crippen molar-refractivity contribution in [2.24, 2.45) is 5.92 Å². The van der Waals surface area contributed by atoms with Crippen LogP contribution in [0.5, 0.6) is 0 Å². The second-order valence-electron chi connectivity index (χ2n) is 5.15. The molecule has 102 valence electrons. The Labute approximate surface area is 113 Å². The van der Waals surface area contributed by atoms with Crippen molar-refractivity contribution >= 4 is 23.1 Å². The first-order chi connectivity index (χ1) is 9.09. The number of nitrogens with two attached hydrogens (primary N) is 1. The lowest BCUT2D eigenvalue weighted by molar-refractivity contribution is -0.120. The first-order valence-corrected chi connectivity index (χ1v) is 6.80. The fourth-order valence-electron chi connectivity index (χ4n) is 2.58. The average molecular weight is 260 g/mol. The number of nitrogens with one attached hydrogen (secondary N) is 1. The molecule has 0 aliphatic heterocycles. The minimum Gasteiger partial charge on any atom is -0.396 e. The highest BCUT2D eigenvalue weighted by Gasteiger charge is 2.22. The SMILES string of the molecule is CC(=O)c1cccc(NC(=O)C2CCCCC2)c1N. The van der Waals surface area contributed by atoms with Gasteiger partial charge in [-0.1, -0.05) is 25.3 Å². The van der Waals surface area contributed by atoms with Crippen molar-refractivity contribution in [3.8, 4) is 0 Å². The summed E-state index contributed by atoms with van der Waals surface area (Å²) >= 11 is 0. The van der Waals surface area contributed by atoms with E-state index in [1.54, 1.807) is 18.2 Å². The number of benzene rings is 1. The molecule has 0 aromatic heterocycles. The van der Waals surface area contributed by atoms with Crippen molar-refractivity contribution < 1.29 is 9.59 Å². The van der Waals surface area contributed by atoms with E-state index in [1.165, 1.54) is 13.3 Å². The summed E-state index contributed by atoms with van der Waals surface area (Å²) in [6.07, 6.45) is 5.32. The fraction of sp³-hybridized carbons (Fsp3) is 0.467. The lowest BCUT2D eigenvalue weighted by atomic mass is 9.88. The molecule has 1 aromatic carbocycles. The summed E-state index contributed by atoms with van der Waals surface area (Å²) in [7, 11) is 0. The zero-order chi connectivity index (χ0) is 13.8. The second-order valence-corrected chi connectivity index (χ2v) is 5.15. The van der Waals surface area contributed by atoms with Gasteiger partial charge in [-0.05, 0) is 31.9 Å². The van der Waals surface area contributed by atoms with E-state index in [4.69, 9.17) is 5.73 Å². The largest absolute Gasteiger partial charge is 0.396 e. The van der Waals surface area contributed by atoms with E-state index in [0.29, 0.717) is 16.9 Å². The van der Waals surface area contributed by atoms with Gasteiger partial charge in [0.05, 0.1) is 11.4 Å².